The fraction of sp³-hybridized carbons (Fsp3) is 0.417. The van der Waals surface area contributed by atoms with Crippen molar-refractivity contribution >= 4 is 23.6 Å². The fourth-order valence-electron chi connectivity index (χ4n) is 3.67. The van der Waals surface area contributed by atoms with Crippen LogP contribution in [-0.4, -0.2) is 34.6 Å². The topological polar surface area (TPSA) is 49.4 Å². The van der Waals surface area contributed by atoms with Crippen molar-refractivity contribution in [3.8, 4) is 0 Å². The highest BCUT2D eigenvalue weighted by atomic mass is 32.2. The van der Waals surface area contributed by atoms with Crippen molar-refractivity contribution in [2.24, 2.45) is 0 Å². The molecule has 2 amide bonds. The van der Waals surface area contributed by atoms with E-state index in [9.17, 15) is 14.0 Å². The van der Waals surface area contributed by atoms with E-state index < -0.39 is 6.04 Å². The zero-order chi connectivity index (χ0) is 21.3. The molecule has 1 unspecified atom stereocenters. The van der Waals surface area contributed by atoms with Gasteiger partial charge in [0.25, 0.3) is 0 Å². The summed E-state index contributed by atoms with van der Waals surface area (Å²) < 4.78 is 13.1. The van der Waals surface area contributed by atoms with Crippen molar-refractivity contribution in [2.45, 2.75) is 57.0 Å². The van der Waals surface area contributed by atoms with Crippen LogP contribution >= 0.6 is 11.8 Å². The lowest BCUT2D eigenvalue weighted by molar-refractivity contribution is -0.138. The van der Waals surface area contributed by atoms with Gasteiger partial charge in [0.2, 0.25) is 11.8 Å². The molecule has 0 bridgehead atoms. The van der Waals surface area contributed by atoms with E-state index in [1.54, 1.807) is 24.0 Å². The number of carbonyl (C=O) groups is 2. The van der Waals surface area contributed by atoms with Gasteiger partial charge in [-0.2, -0.15) is 0 Å². The van der Waals surface area contributed by atoms with E-state index in [4.69, 9.17) is 0 Å². The molecule has 0 aliphatic heterocycles. The van der Waals surface area contributed by atoms with Crippen LogP contribution in [0.25, 0.3) is 0 Å². The van der Waals surface area contributed by atoms with Crippen LogP contribution in [0.15, 0.2) is 54.6 Å². The molecule has 0 aromatic heterocycles. The lowest BCUT2D eigenvalue weighted by atomic mass is 10.1. The molecule has 1 fully saturated rings. The van der Waals surface area contributed by atoms with Crippen LogP contribution in [0.1, 0.15) is 43.7 Å². The molecule has 0 saturated heterocycles. The second-order valence-electron chi connectivity index (χ2n) is 7.79. The summed E-state index contributed by atoms with van der Waals surface area (Å²) in [6.07, 6.45) is 4.31. The van der Waals surface area contributed by atoms with E-state index in [0.717, 1.165) is 36.8 Å². The number of rotatable bonds is 9. The highest BCUT2D eigenvalue weighted by molar-refractivity contribution is 7.99. The van der Waals surface area contributed by atoms with E-state index in [1.165, 1.54) is 23.9 Å². The van der Waals surface area contributed by atoms with Crippen LogP contribution in [0.5, 0.6) is 0 Å². The Labute approximate surface area is 182 Å². The van der Waals surface area contributed by atoms with Gasteiger partial charge in [0.05, 0.1) is 5.75 Å². The molecule has 3 rings (SSSR count). The Kier molecular flexibility index (Phi) is 8.31. The molecule has 160 valence electrons. The Morgan fingerprint density at radius 1 is 1.07 bits per heavy atom. The predicted octanol–water partition coefficient (Wildman–Crippen LogP) is 4.54. The summed E-state index contributed by atoms with van der Waals surface area (Å²) >= 11 is 1.48. The summed E-state index contributed by atoms with van der Waals surface area (Å²) in [5.74, 6) is 0.463. The average Bonchev–Trinajstić information content (AvgIpc) is 3.26. The molecule has 30 heavy (non-hydrogen) atoms. The minimum absolute atomic E-state index is 0.0694. The van der Waals surface area contributed by atoms with Gasteiger partial charge in [-0.05, 0) is 43.0 Å². The van der Waals surface area contributed by atoms with Gasteiger partial charge >= 0.3 is 0 Å². The van der Waals surface area contributed by atoms with Gasteiger partial charge in [-0.3, -0.25) is 9.59 Å². The molecule has 2 aromatic carbocycles. The lowest BCUT2D eigenvalue weighted by Crippen LogP contribution is -2.50. The zero-order valence-electron chi connectivity index (χ0n) is 17.4. The number of carbonyl (C=O) groups excluding carboxylic acids is 2. The molecule has 0 radical (unpaired) electrons. The van der Waals surface area contributed by atoms with Gasteiger partial charge in [-0.25, -0.2) is 4.39 Å². The summed E-state index contributed by atoms with van der Waals surface area (Å²) in [7, 11) is 0. The third-order valence-corrected chi connectivity index (χ3v) is 6.46. The Morgan fingerprint density at radius 3 is 2.40 bits per heavy atom. The average molecular weight is 429 g/mol. The second kappa shape index (κ2) is 11.2. The monoisotopic (exact) mass is 428 g/mol. The van der Waals surface area contributed by atoms with Gasteiger partial charge < -0.3 is 10.2 Å². The van der Waals surface area contributed by atoms with Gasteiger partial charge in [0.15, 0.2) is 0 Å². The van der Waals surface area contributed by atoms with Crippen molar-refractivity contribution in [2.75, 3.05) is 5.75 Å². The highest BCUT2D eigenvalue weighted by Gasteiger charge is 2.28. The quantitative estimate of drug-likeness (QED) is 0.638. The number of hydrogen-bond acceptors (Lipinski definition) is 3. The van der Waals surface area contributed by atoms with Crippen molar-refractivity contribution in [1.82, 2.24) is 10.2 Å². The summed E-state index contributed by atoms with van der Waals surface area (Å²) in [5, 5.41) is 3.11. The summed E-state index contributed by atoms with van der Waals surface area (Å²) in [6.45, 7) is 2.20. The number of halogens is 1. The van der Waals surface area contributed by atoms with E-state index in [-0.39, 0.29) is 29.4 Å². The van der Waals surface area contributed by atoms with Crippen molar-refractivity contribution in [1.29, 1.82) is 0 Å². The van der Waals surface area contributed by atoms with Gasteiger partial charge in [-0.15, -0.1) is 11.8 Å². The smallest absolute Gasteiger partial charge is 0.242 e. The first-order valence-corrected chi connectivity index (χ1v) is 11.6. The van der Waals surface area contributed by atoms with Gasteiger partial charge in [-0.1, -0.05) is 55.3 Å². The number of nitrogens with one attached hydrogen (secondary N) is 1. The van der Waals surface area contributed by atoms with E-state index in [2.05, 4.69) is 5.32 Å². The first kappa shape index (κ1) is 22.3. The highest BCUT2D eigenvalue weighted by Crippen LogP contribution is 2.19. The molecule has 1 saturated carbocycles. The zero-order valence-corrected chi connectivity index (χ0v) is 18.2. The van der Waals surface area contributed by atoms with Crippen molar-refractivity contribution in [3.05, 3.63) is 71.5 Å². The number of hydrogen-bond donors (Lipinski definition) is 1. The van der Waals surface area contributed by atoms with Crippen LogP contribution in [0.2, 0.25) is 0 Å². The van der Waals surface area contributed by atoms with Crippen molar-refractivity contribution in [3.63, 3.8) is 0 Å². The number of thioether (sulfide) groups is 1. The molecular weight excluding hydrogens is 399 g/mol. The standard InChI is InChI=1S/C24H29FN2O2S/c1-18(24(29)26-22-9-5-6-10-22)27(15-19-7-3-2-4-8-19)23(28)17-30-16-20-11-13-21(25)14-12-20/h2-4,7-8,11-14,18,22H,5-6,9-10,15-17H2,1H3,(H,26,29). The molecule has 1 atom stereocenters. The third-order valence-electron chi connectivity index (χ3n) is 5.47. The molecule has 0 spiro atoms. The first-order chi connectivity index (χ1) is 14.5. The van der Waals surface area contributed by atoms with Crippen molar-refractivity contribution < 1.29 is 14.0 Å². The van der Waals surface area contributed by atoms with Crippen LogP contribution in [0, 0.1) is 5.82 Å². The minimum Gasteiger partial charge on any atom is -0.352 e. The number of benzene rings is 2. The Bertz CT molecular complexity index is 823. The molecule has 2 aromatic rings. The van der Waals surface area contributed by atoms with E-state index >= 15 is 0 Å². The van der Waals surface area contributed by atoms with E-state index in [0.29, 0.717) is 12.3 Å². The second-order valence-corrected chi connectivity index (χ2v) is 8.78. The maximum Gasteiger partial charge on any atom is 0.242 e. The van der Waals surface area contributed by atoms with Crippen LogP contribution in [0.4, 0.5) is 4.39 Å². The summed E-state index contributed by atoms with van der Waals surface area (Å²) in [5.41, 5.74) is 1.96. The SMILES string of the molecule is CC(C(=O)NC1CCCC1)N(Cc1ccccc1)C(=O)CSCc1ccc(F)cc1. The molecule has 4 nitrogen and oxygen atoms in total. The summed E-state index contributed by atoms with van der Waals surface area (Å²) in [6, 6.07) is 15.7. The fourth-order valence-corrected chi connectivity index (χ4v) is 4.55. The van der Waals surface area contributed by atoms with Crippen LogP contribution in [0.3, 0.4) is 0 Å². The van der Waals surface area contributed by atoms with Gasteiger partial charge in [0, 0.05) is 18.3 Å². The van der Waals surface area contributed by atoms with E-state index in [1.807, 2.05) is 30.3 Å². The predicted molar refractivity (Wildman–Crippen MR) is 119 cm³/mol. The Balaban J connectivity index is 1.62. The lowest BCUT2D eigenvalue weighted by Gasteiger charge is -2.29. The van der Waals surface area contributed by atoms with Gasteiger partial charge in [0.1, 0.15) is 11.9 Å². The molecule has 0 heterocycles. The summed E-state index contributed by atoms with van der Waals surface area (Å²) in [4.78, 5) is 27.5. The first-order valence-electron chi connectivity index (χ1n) is 10.5. The largest absolute Gasteiger partial charge is 0.352 e. The maximum absolute atomic E-state index is 13.1. The Hall–Kier alpha value is -2.34. The normalized spacial score (nSPS) is 15.0. The molecule has 1 N–H and O–H groups in total. The van der Waals surface area contributed by atoms with Crippen LogP contribution < -0.4 is 5.32 Å². The third kappa shape index (κ3) is 6.59. The molecule has 1 aliphatic rings. The minimum atomic E-state index is -0.537. The Morgan fingerprint density at radius 2 is 1.73 bits per heavy atom. The molecular formula is C24H29FN2O2S. The number of nitrogens with zero attached hydrogens (tertiary/aromatic N) is 1. The number of amides is 2. The molecule has 1 aliphatic carbocycles. The molecule has 6 heteroatoms. The maximum atomic E-state index is 13.1. The van der Waals surface area contributed by atoms with Crippen LogP contribution in [-0.2, 0) is 21.9 Å².